The van der Waals surface area contributed by atoms with Gasteiger partial charge in [-0.25, -0.2) is 0 Å². The summed E-state index contributed by atoms with van der Waals surface area (Å²) in [7, 11) is 0. The minimum Gasteiger partial charge on any atom is -0.366 e. The molecule has 0 spiro atoms. The van der Waals surface area contributed by atoms with Crippen LogP contribution >= 0.6 is 0 Å². The van der Waals surface area contributed by atoms with Crippen molar-refractivity contribution < 1.29 is 23.0 Å². The Balaban J connectivity index is 1.92. The fourth-order valence-electron chi connectivity index (χ4n) is 2.84. The van der Waals surface area contributed by atoms with E-state index in [4.69, 9.17) is 4.74 Å². The molecule has 0 aliphatic carbocycles. The van der Waals surface area contributed by atoms with Gasteiger partial charge >= 0.3 is 6.18 Å². The first-order chi connectivity index (χ1) is 13.6. The van der Waals surface area contributed by atoms with Crippen molar-refractivity contribution in [3.63, 3.8) is 0 Å². The molecule has 1 atom stereocenters. The van der Waals surface area contributed by atoms with E-state index in [1.807, 2.05) is 36.3 Å². The maximum atomic E-state index is 13.8. The van der Waals surface area contributed by atoms with Gasteiger partial charge in [-0.05, 0) is 36.2 Å². The third-order valence-corrected chi connectivity index (χ3v) is 4.56. The van der Waals surface area contributed by atoms with Gasteiger partial charge in [0.15, 0.2) is 0 Å². The standard InChI is InChI=1S/C24H21F3O2/c1-22(2,29-17-18-8-4-3-5-9-18)14-15-23(28,24(25,26)27)21-13-12-19-10-6-7-11-20(19)16-21/h3-13,16,28H,17H2,1-2H3/t23-/m1/s1. The number of hydrogen-bond acceptors (Lipinski definition) is 2. The number of halogens is 3. The van der Waals surface area contributed by atoms with Crippen LogP contribution in [0.5, 0.6) is 0 Å². The van der Waals surface area contributed by atoms with Crippen LogP contribution in [0.1, 0.15) is 25.0 Å². The molecule has 150 valence electrons. The van der Waals surface area contributed by atoms with Crippen molar-refractivity contribution in [2.45, 2.75) is 37.8 Å². The van der Waals surface area contributed by atoms with Crippen molar-refractivity contribution in [3.8, 4) is 11.8 Å². The molecular formula is C24H21F3O2. The van der Waals surface area contributed by atoms with Gasteiger partial charge in [-0.1, -0.05) is 78.6 Å². The van der Waals surface area contributed by atoms with E-state index < -0.39 is 17.4 Å². The Hall–Kier alpha value is -2.81. The van der Waals surface area contributed by atoms with E-state index in [9.17, 15) is 18.3 Å². The van der Waals surface area contributed by atoms with E-state index in [1.165, 1.54) is 12.1 Å². The Morgan fingerprint density at radius 3 is 2.10 bits per heavy atom. The first-order valence-corrected chi connectivity index (χ1v) is 9.11. The fourth-order valence-corrected chi connectivity index (χ4v) is 2.84. The summed E-state index contributed by atoms with van der Waals surface area (Å²) in [5.74, 6) is 4.53. The average Bonchev–Trinajstić information content (AvgIpc) is 2.70. The molecule has 0 bridgehead atoms. The quantitative estimate of drug-likeness (QED) is 0.581. The van der Waals surface area contributed by atoms with Crippen molar-refractivity contribution in [2.24, 2.45) is 0 Å². The maximum absolute atomic E-state index is 13.8. The number of ether oxygens (including phenoxy) is 1. The minimum absolute atomic E-state index is 0.197. The molecule has 0 unspecified atom stereocenters. The van der Waals surface area contributed by atoms with Gasteiger partial charge in [0.2, 0.25) is 5.60 Å². The van der Waals surface area contributed by atoms with E-state index in [0.29, 0.717) is 5.39 Å². The van der Waals surface area contributed by atoms with Gasteiger partial charge in [0.05, 0.1) is 6.61 Å². The summed E-state index contributed by atoms with van der Waals surface area (Å²) in [6.45, 7) is 3.34. The van der Waals surface area contributed by atoms with Crippen molar-refractivity contribution >= 4 is 10.8 Å². The van der Waals surface area contributed by atoms with Gasteiger partial charge in [-0.15, -0.1) is 0 Å². The highest BCUT2D eigenvalue weighted by atomic mass is 19.4. The first-order valence-electron chi connectivity index (χ1n) is 9.11. The monoisotopic (exact) mass is 398 g/mol. The topological polar surface area (TPSA) is 29.5 Å². The summed E-state index contributed by atoms with van der Waals surface area (Å²) in [5, 5.41) is 11.9. The predicted molar refractivity (Wildman–Crippen MR) is 107 cm³/mol. The summed E-state index contributed by atoms with van der Waals surface area (Å²) in [5.41, 5.74) is -3.94. The van der Waals surface area contributed by atoms with Crippen molar-refractivity contribution in [1.29, 1.82) is 0 Å². The van der Waals surface area contributed by atoms with Crippen LogP contribution in [0.2, 0.25) is 0 Å². The summed E-state index contributed by atoms with van der Waals surface area (Å²) < 4.78 is 47.1. The second kappa shape index (κ2) is 7.90. The lowest BCUT2D eigenvalue weighted by Gasteiger charge is -2.27. The number of benzene rings is 3. The number of alkyl halides is 3. The van der Waals surface area contributed by atoms with Crippen LogP contribution in [0, 0.1) is 11.8 Å². The molecule has 0 radical (unpaired) electrons. The molecule has 0 amide bonds. The van der Waals surface area contributed by atoms with E-state index in [0.717, 1.165) is 10.9 Å². The fraction of sp³-hybridized carbons (Fsp3) is 0.250. The molecule has 0 aliphatic heterocycles. The average molecular weight is 398 g/mol. The lowest BCUT2D eigenvalue weighted by Crippen LogP contribution is -2.41. The smallest absolute Gasteiger partial charge is 0.366 e. The van der Waals surface area contributed by atoms with E-state index in [-0.39, 0.29) is 12.2 Å². The van der Waals surface area contributed by atoms with Gasteiger partial charge < -0.3 is 9.84 Å². The third-order valence-electron chi connectivity index (χ3n) is 4.56. The zero-order chi connectivity index (χ0) is 21.1. The minimum atomic E-state index is -4.97. The van der Waals surface area contributed by atoms with Crippen LogP contribution in [-0.4, -0.2) is 16.9 Å². The van der Waals surface area contributed by atoms with Crippen LogP contribution in [0.25, 0.3) is 10.8 Å². The Labute approximate surface area is 167 Å². The number of rotatable bonds is 4. The van der Waals surface area contributed by atoms with Crippen molar-refractivity contribution in [1.82, 2.24) is 0 Å². The van der Waals surface area contributed by atoms with Crippen molar-refractivity contribution in [3.05, 3.63) is 83.9 Å². The summed E-state index contributed by atoms with van der Waals surface area (Å²) >= 11 is 0. The first kappa shape index (κ1) is 20.9. The molecule has 3 rings (SSSR count). The molecule has 0 saturated heterocycles. The Bertz CT molecular complexity index is 1050. The highest BCUT2D eigenvalue weighted by Gasteiger charge is 2.54. The second-order valence-electron chi connectivity index (χ2n) is 7.30. The molecule has 3 aromatic carbocycles. The molecule has 0 fully saturated rings. The van der Waals surface area contributed by atoms with Crippen LogP contribution < -0.4 is 0 Å². The summed E-state index contributed by atoms with van der Waals surface area (Å²) in [4.78, 5) is 0. The molecule has 0 aromatic heterocycles. The van der Waals surface area contributed by atoms with Gasteiger partial charge in [-0.2, -0.15) is 13.2 Å². The molecule has 5 heteroatoms. The highest BCUT2D eigenvalue weighted by Crippen LogP contribution is 2.39. The van der Waals surface area contributed by atoms with E-state index in [2.05, 4.69) is 5.92 Å². The molecular weight excluding hydrogens is 377 g/mol. The third kappa shape index (κ3) is 4.79. The Morgan fingerprint density at radius 1 is 0.828 bits per heavy atom. The van der Waals surface area contributed by atoms with Gasteiger partial charge in [0.1, 0.15) is 5.60 Å². The van der Waals surface area contributed by atoms with E-state index >= 15 is 0 Å². The molecule has 0 heterocycles. The van der Waals surface area contributed by atoms with E-state index in [1.54, 1.807) is 44.2 Å². The molecule has 0 aliphatic rings. The highest BCUT2D eigenvalue weighted by molar-refractivity contribution is 5.83. The van der Waals surface area contributed by atoms with Crippen LogP contribution in [0.4, 0.5) is 13.2 Å². The SMILES string of the molecule is CC(C)(C#C[C@@](O)(c1ccc2ccccc2c1)C(F)(F)F)OCc1ccccc1. The normalized spacial score (nSPS) is 14.1. The molecule has 1 N–H and O–H groups in total. The van der Waals surface area contributed by atoms with Crippen LogP contribution in [-0.2, 0) is 16.9 Å². The van der Waals surface area contributed by atoms with Gasteiger partial charge in [0.25, 0.3) is 0 Å². The Morgan fingerprint density at radius 2 is 1.45 bits per heavy atom. The Kier molecular flexibility index (Phi) is 5.70. The number of fused-ring (bicyclic) bond motifs is 1. The number of aliphatic hydroxyl groups is 1. The lowest BCUT2D eigenvalue weighted by atomic mass is 9.91. The van der Waals surface area contributed by atoms with Crippen LogP contribution in [0.15, 0.2) is 72.8 Å². The van der Waals surface area contributed by atoms with Gasteiger partial charge in [-0.3, -0.25) is 0 Å². The molecule has 0 saturated carbocycles. The van der Waals surface area contributed by atoms with Crippen LogP contribution in [0.3, 0.4) is 0 Å². The lowest BCUT2D eigenvalue weighted by molar-refractivity contribution is -0.240. The largest absolute Gasteiger partial charge is 0.433 e. The summed E-state index contributed by atoms with van der Waals surface area (Å²) in [6, 6.07) is 20.4. The van der Waals surface area contributed by atoms with Gasteiger partial charge in [0, 0.05) is 5.56 Å². The number of hydrogen-bond donors (Lipinski definition) is 1. The maximum Gasteiger partial charge on any atom is 0.433 e. The second-order valence-corrected chi connectivity index (χ2v) is 7.30. The zero-order valence-corrected chi connectivity index (χ0v) is 16.1. The predicted octanol–water partition coefficient (Wildman–Crippen LogP) is 5.59. The van der Waals surface area contributed by atoms with Crippen molar-refractivity contribution in [2.75, 3.05) is 0 Å². The molecule has 2 nitrogen and oxygen atoms in total. The molecule has 3 aromatic rings. The zero-order valence-electron chi connectivity index (χ0n) is 16.1. The molecule has 29 heavy (non-hydrogen) atoms. The summed E-state index contributed by atoms with van der Waals surface area (Å²) in [6.07, 6.45) is -4.97.